The van der Waals surface area contributed by atoms with E-state index in [2.05, 4.69) is 5.73 Å². The van der Waals surface area contributed by atoms with Crippen LogP contribution in [-0.2, 0) is 4.79 Å². The Morgan fingerprint density at radius 1 is 1.45 bits per heavy atom. The lowest BCUT2D eigenvalue weighted by Gasteiger charge is -1.89. The van der Waals surface area contributed by atoms with Crippen molar-refractivity contribution < 1.29 is 9.18 Å². The lowest BCUT2D eigenvalue weighted by atomic mass is 10.2. The second kappa shape index (κ2) is 5.41. The molecule has 1 amide bonds. The van der Waals surface area contributed by atoms with Gasteiger partial charge in [0.05, 0.1) is 0 Å². The Labute approximate surface area is 64.8 Å². The van der Waals surface area contributed by atoms with Gasteiger partial charge in [0.2, 0.25) is 6.41 Å². The van der Waals surface area contributed by atoms with E-state index in [1.54, 1.807) is 19.1 Å². The van der Waals surface area contributed by atoms with Crippen molar-refractivity contribution in [2.75, 3.05) is 0 Å². The molecular formula is C8H10FNO. The zero-order valence-electron chi connectivity index (χ0n) is 6.25. The van der Waals surface area contributed by atoms with Gasteiger partial charge in [-0.3, -0.25) is 4.79 Å². The van der Waals surface area contributed by atoms with Crippen molar-refractivity contribution in [1.29, 1.82) is 0 Å². The highest BCUT2D eigenvalue weighted by Crippen LogP contribution is 2.01. The minimum absolute atomic E-state index is 0.132. The first-order chi connectivity index (χ1) is 5.22. The van der Waals surface area contributed by atoms with Gasteiger partial charge in [-0.15, -0.1) is 0 Å². The zero-order valence-corrected chi connectivity index (χ0v) is 6.25. The van der Waals surface area contributed by atoms with Crippen molar-refractivity contribution >= 4 is 6.41 Å². The van der Waals surface area contributed by atoms with E-state index >= 15 is 0 Å². The maximum atomic E-state index is 12.3. The molecule has 0 aliphatic rings. The highest BCUT2D eigenvalue weighted by molar-refractivity contribution is 5.42. The number of carbonyl (C=O) groups is 1. The quantitative estimate of drug-likeness (QED) is 0.563. The Kier molecular flexibility index (Phi) is 4.73. The topological polar surface area (TPSA) is 43.1 Å². The molecule has 0 fully saturated rings. The van der Waals surface area contributed by atoms with Crippen LogP contribution in [0.25, 0.3) is 0 Å². The van der Waals surface area contributed by atoms with Crippen molar-refractivity contribution in [3.8, 4) is 0 Å². The second-order valence-corrected chi connectivity index (χ2v) is 1.89. The van der Waals surface area contributed by atoms with Crippen LogP contribution >= 0.6 is 0 Å². The van der Waals surface area contributed by atoms with Gasteiger partial charge >= 0.3 is 0 Å². The number of hydrogen-bond donors (Lipinski definition) is 1. The summed E-state index contributed by atoms with van der Waals surface area (Å²) in [5, 5.41) is 0. The molecule has 1 aromatic rings. The Morgan fingerprint density at radius 2 is 1.91 bits per heavy atom. The van der Waals surface area contributed by atoms with Crippen LogP contribution in [0, 0.1) is 12.7 Å². The van der Waals surface area contributed by atoms with Crippen molar-refractivity contribution in [1.82, 2.24) is 0 Å². The first-order valence-electron chi connectivity index (χ1n) is 3.09. The zero-order chi connectivity index (χ0) is 8.69. The third-order valence-corrected chi connectivity index (χ3v) is 1.08. The molecule has 2 nitrogen and oxygen atoms in total. The van der Waals surface area contributed by atoms with Gasteiger partial charge in [-0.25, -0.2) is 4.39 Å². The minimum atomic E-state index is -0.132. The minimum Gasteiger partial charge on any atom is -0.372 e. The normalized spacial score (nSPS) is 7.82. The SMILES string of the molecule is Cc1ccccc1F.NC=O. The summed E-state index contributed by atoms with van der Waals surface area (Å²) in [6, 6.07) is 6.70. The molecule has 0 spiro atoms. The predicted molar refractivity (Wildman–Crippen MR) is 41.4 cm³/mol. The molecule has 60 valence electrons. The van der Waals surface area contributed by atoms with Crippen molar-refractivity contribution in [2.24, 2.45) is 5.73 Å². The fourth-order valence-corrected chi connectivity index (χ4v) is 0.551. The van der Waals surface area contributed by atoms with Gasteiger partial charge in [0.15, 0.2) is 0 Å². The number of nitrogens with two attached hydrogens (primary N) is 1. The molecule has 0 unspecified atom stereocenters. The summed E-state index contributed by atoms with van der Waals surface area (Å²) in [5.41, 5.74) is 4.87. The molecule has 1 rings (SSSR count). The van der Waals surface area contributed by atoms with E-state index in [4.69, 9.17) is 4.79 Å². The molecule has 0 aromatic heterocycles. The Morgan fingerprint density at radius 3 is 2.18 bits per heavy atom. The molecule has 0 saturated heterocycles. The average Bonchev–Trinajstić information content (AvgIpc) is 1.97. The molecule has 0 saturated carbocycles. The molecule has 2 N–H and O–H groups in total. The van der Waals surface area contributed by atoms with Gasteiger partial charge in [0, 0.05) is 0 Å². The lowest BCUT2D eigenvalue weighted by Crippen LogP contribution is -1.82. The summed E-state index contributed by atoms with van der Waals surface area (Å²) in [4.78, 5) is 8.58. The van der Waals surface area contributed by atoms with Crippen LogP contribution in [0.3, 0.4) is 0 Å². The maximum absolute atomic E-state index is 12.3. The van der Waals surface area contributed by atoms with Gasteiger partial charge in [-0.2, -0.15) is 0 Å². The predicted octanol–water partition coefficient (Wildman–Crippen LogP) is 1.24. The molecule has 0 radical (unpaired) electrons. The smallest absolute Gasteiger partial charge is 0.204 e. The fourth-order valence-electron chi connectivity index (χ4n) is 0.551. The van der Waals surface area contributed by atoms with Crippen LogP contribution in [0.4, 0.5) is 4.39 Å². The summed E-state index contributed by atoms with van der Waals surface area (Å²) in [6.07, 6.45) is 0.250. The number of aryl methyl sites for hydroxylation is 1. The summed E-state index contributed by atoms with van der Waals surface area (Å²) >= 11 is 0. The van der Waals surface area contributed by atoms with Gasteiger partial charge < -0.3 is 5.73 Å². The summed E-state index contributed by atoms with van der Waals surface area (Å²) in [7, 11) is 0. The van der Waals surface area contributed by atoms with E-state index in [0.717, 1.165) is 0 Å². The summed E-state index contributed by atoms with van der Waals surface area (Å²) < 4.78 is 12.3. The molecule has 0 aliphatic carbocycles. The van der Waals surface area contributed by atoms with E-state index in [9.17, 15) is 4.39 Å². The van der Waals surface area contributed by atoms with Gasteiger partial charge in [0.25, 0.3) is 0 Å². The highest BCUT2D eigenvalue weighted by atomic mass is 19.1. The van der Waals surface area contributed by atoms with Crippen LogP contribution in [0.5, 0.6) is 0 Å². The highest BCUT2D eigenvalue weighted by Gasteiger charge is 1.88. The third-order valence-electron chi connectivity index (χ3n) is 1.08. The monoisotopic (exact) mass is 155 g/mol. The maximum Gasteiger partial charge on any atom is 0.204 e. The first-order valence-corrected chi connectivity index (χ1v) is 3.09. The van der Waals surface area contributed by atoms with E-state index in [1.165, 1.54) is 6.07 Å². The molecule has 0 atom stereocenters. The number of carbonyl (C=O) groups excluding carboxylic acids is 1. The number of rotatable bonds is 0. The second-order valence-electron chi connectivity index (χ2n) is 1.89. The van der Waals surface area contributed by atoms with E-state index in [-0.39, 0.29) is 12.2 Å². The molecule has 0 aliphatic heterocycles. The van der Waals surface area contributed by atoms with Crippen molar-refractivity contribution in [3.63, 3.8) is 0 Å². The van der Waals surface area contributed by atoms with E-state index in [1.807, 2.05) is 6.07 Å². The van der Waals surface area contributed by atoms with Crippen LogP contribution in [0.15, 0.2) is 24.3 Å². The van der Waals surface area contributed by atoms with Crippen LogP contribution < -0.4 is 5.73 Å². The number of primary amides is 1. The fraction of sp³-hybridized carbons (Fsp3) is 0.125. The Bertz CT molecular complexity index is 204. The van der Waals surface area contributed by atoms with Crippen LogP contribution in [-0.4, -0.2) is 6.41 Å². The Hall–Kier alpha value is -1.38. The average molecular weight is 155 g/mol. The molecule has 3 heteroatoms. The van der Waals surface area contributed by atoms with E-state index in [0.29, 0.717) is 5.56 Å². The molecular weight excluding hydrogens is 145 g/mol. The molecule has 0 heterocycles. The Balaban J connectivity index is 0.000000292. The summed E-state index contributed by atoms with van der Waals surface area (Å²) in [5.74, 6) is -0.132. The number of amides is 1. The lowest BCUT2D eigenvalue weighted by molar-refractivity contribution is -0.106. The van der Waals surface area contributed by atoms with E-state index < -0.39 is 0 Å². The standard InChI is InChI=1S/C7H7F.CH3NO/c1-6-4-2-3-5-7(6)8;2-1-3/h2-5H,1H3;1H,(H2,2,3). The molecule has 0 bridgehead atoms. The molecule has 1 aromatic carbocycles. The van der Waals surface area contributed by atoms with Crippen LogP contribution in [0.2, 0.25) is 0 Å². The van der Waals surface area contributed by atoms with Gasteiger partial charge in [0.1, 0.15) is 5.82 Å². The van der Waals surface area contributed by atoms with Gasteiger partial charge in [-0.1, -0.05) is 18.2 Å². The first kappa shape index (κ1) is 9.62. The third kappa shape index (κ3) is 4.08. The number of benzene rings is 1. The number of halogens is 1. The van der Waals surface area contributed by atoms with Crippen molar-refractivity contribution in [2.45, 2.75) is 6.92 Å². The van der Waals surface area contributed by atoms with Crippen molar-refractivity contribution in [3.05, 3.63) is 35.6 Å². The largest absolute Gasteiger partial charge is 0.372 e. The number of hydrogen-bond acceptors (Lipinski definition) is 1. The van der Waals surface area contributed by atoms with Crippen LogP contribution in [0.1, 0.15) is 5.56 Å². The van der Waals surface area contributed by atoms with Gasteiger partial charge in [-0.05, 0) is 18.6 Å². The molecule has 11 heavy (non-hydrogen) atoms. The summed E-state index contributed by atoms with van der Waals surface area (Å²) in [6.45, 7) is 1.75.